The molecule has 1 aromatic rings. The van der Waals surface area contributed by atoms with Gasteiger partial charge in [0.05, 0.1) is 4.92 Å². The predicted octanol–water partition coefficient (Wildman–Crippen LogP) is 2.83. The minimum absolute atomic E-state index is 0.106. The van der Waals surface area contributed by atoms with E-state index in [9.17, 15) is 10.1 Å². The van der Waals surface area contributed by atoms with Crippen molar-refractivity contribution in [1.82, 2.24) is 0 Å². The van der Waals surface area contributed by atoms with Crippen LogP contribution >= 0.6 is 0 Å². The Labute approximate surface area is 108 Å². The van der Waals surface area contributed by atoms with Gasteiger partial charge in [0.25, 0.3) is 5.69 Å². The van der Waals surface area contributed by atoms with E-state index >= 15 is 0 Å². The van der Waals surface area contributed by atoms with Crippen molar-refractivity contribution in [2.24, 2.45) is 5.73 Å². The van der Waals surface area contributed by atoms with Gasteiger partial charge in [-0.1, -0.05) is 19.9 Å². The molecule has 0 aliphatic heterocycles. The zero-order chi connectivity index (χ0) is 13.8. The lowest BCUT2D eigenvalue weighted by Crippen LogP contribution is -2.44. The highest BCUT2D eigenvalue weighted by atomic mass is 16.6. The molecular weight excluding hydrogens is 230 g/mol. The number of benzene rings is 1. The van der Waals surface area contributed by atoms with Crippen LogP contribution in [0.15, 0.2) is 18.2 Å². The van der Waals surface area contributed by atoms with Crippen LogP contribution in [0.4, 0.5) is 11.4 Å². The maximum Gasteiger partial charge on any atom is 0.292 e. The number of nitrogens with one attached hydrogen (secondary N) is 1. The quantitative estimate of drug-likeness (QED) is 0.601. The van der Waals surface area contributed by atoms with Crippen LogP contribution in [-0.4, -0.2) is 17.0 Å². The van der Waals surface area contributed by atoms with Gasteiger partial charge in [0.2, 0.25) is 0 Å². The Morgan fingerprint density at radius 1 is 1.39 bits per heavy atom. The van der Waals surface area contributed by atoms with E-state index in [2.05, 4.69) is 5.32 Å². The summed E-state index contributed by atoms with van der Waals surface area (Å²) in [5.41, 5.74) is 7.04. The fraction of sp³-hybridized carbons (Fsp3) is 0.538. The number of nitrogens with two attached hydrogens (primary N) is 1. The first-order chi connectivity index (χ1) is 8.48. The van der Waals surface area contributed by atoms with Crippen molar-refractivity contribution in [2.45, 2.75) is 39.2 Å². The van der Waals surface area contributed by atoms with Crippen molar-refractivity contribution in [3.63, 3.8) is 0 Å². The SMILES string of the molecule is CCC(CC)(CN)Nc1ccc(C)cc1[N+](=O)[O-]. The smallest absolute Gasteiger partial charge is 0.292 e. The summed E-state index contributed by atoms with van der Waals surface area (Å²) in [7, 11) is 0. The molecule has 0 saturated carbocycles. The maximum absolute atomic E-state index is 11.1. The number of rotatable bonds is 6. The molecule has 0 amide bonds. The number of nitro groups is 1. The monoisotopic (exact) mass is 251 g/mol. The second-order valence-corrected chi connectivity index (χ2v) is 4.59. The molecule has 100 valence electrons. The molecule has 0 saturated heterocycles. The Morgan fingerprint density at radius 2 is 2.00 bits per heavy atom. The third kappa shape index (κ3) is 2.98. The summed E-state index contributed by atoms with van der Waals surface area (Å²) in [4.78, 5) is 10.7. The molecular formula is C13H21N3O2. The summed E-state index contributed by atoms with van der Waals surface area (Å²) in [5.74, 6) is 0. The van der Waals surface area contributed by atoms with Gasteiger partial charge in [0, 0.05) is 18.2 Å². The average molecular weight is 251 g/mol. The standard InChI is InChI=1S/C13H21N3O2/c1-4-13(5-2,9-14)15-11-7-6-10(3)8-12(11)16(17)18/h6-8,15H,4-5,9,14H2,1-3H3. The van der Waals surface area contributed by atoms with E-state index in [1.54, 1.807) is 12.1 Å². The Morgan fingerprint density at radius 3 is 2.44 bits per heavy atom. The number of hydrogen-bond donors (Lipinski definition) is 2. The second-order valence-electron chi connectivity index (χ2n) is 4.59. The van der Waals surface area contributed by atoms with Gasteiger partial charge in [-0.25, -0.2) is 0 Å². The highest BCUT2D eigenvalue weighted by Gasteiger charge is 2.27. The van der Waals surface area contributed by atoms with Gasteiger partial charge in [-0.3, -0.25) is 10.1 Å². The summed E-state index contributed by atoms with van der Waals surface area (Å²) < 4.78 is 0. The fourth-order valence-electron chi connectivity index (χ4n) is 1.95. The van der Waals surface area contributed by atoms with Crippen molar-refractivity contribution in [2.75, 3.05) is 11.9 Å². The number of anilines is 1. The van der Waals surface area contributed by atoms with E-state index in [1.807, 2.05) is 26.8 Å². The predicted molar refractivity (Wildman–Crippen MR) is 73.8 cm³/mol. The number of aryl methyl sites for hydroxylation is 1. The van der Waals surface area contributed by atoms with Crippen molar-refractivity contribution >= 4 is 11.4 Å². The van der Waals surface area contributed by atoms with Crippen LogP contribution in [0.2, 0.25) is 0 Å². The summed E-state index contributed by atoms with van der Waals surface area (Å²) in [6.07, 6.45) is 1.65. The van der Waals surface area contributed by atoms with Gasteiger partial charge >= 0.3 is 0 Å². The molecule has 5 nitrogen and oxygen atoms in total. The minimum atomic E-state index is -0.359. The molecule has 0 spiro atoms. The van der Waals surface area contributed by atoms with Crippen LogP contribution in [0.1, 0.15) is 32.3 Å². The van der Waals surface area contributed by atoms with E-state index in [0.29, 0.717) is 12.2 Å². The van der Waals surface area contributed by atoms with Crippen LogP contribution in [0, 0.1) is 17.0 Å². The number of nitro benzene ring substituents is 1. The van der Waals surface area contributed by atoms with E-state index in [-0.39, 0.29) is 16.1 Å². The van der Waals surface area contributed by atoms with Crippen LogP contribution in [0.25, 0.3) is 0 Å². The second kappa shape index (κ2) is 5.82. The topological polar surface area (TPSA) is 81.2 Å². The van der Waals surface area contributed by atoms with Gasteiger partial charge < -0.3 is 11.1 Å². The van der Waals surface area contributed by atoms with E-state index < -0.39 is 0 Å². The van der Waals surface area contributed by atoms with Gasteiger partial charge in [-0.2, -0.15) is 0 Å². The Balaban J connectivity index is 3.13. The van der Waals surface area contributed by atoms with Crippen molar-refractivity contribution < 1.29 is 4.92 Å². The zero-order valence-electron chi connectivity index (χ0n) is 11.2. The fourth-order valence-corrected chi connectivity index (χ4v) is 1.95. The maximum atomic E-state index is 11.1. The summed E-state index contributed by atoms with van der Waals surface area (Å²) >= 11 is 0. The first-order valence-electron chi connectivity index (χ1n) is 6.21. The van der Waals surface area contributed by atoms with Gasteiger partial charge in [0.1, 0.15) is 5.69 Å². The molecule has 0 radical (unpaired) electrons. The summed E-state index contributed by atoms with van der Waals surface area (Å²) in [5, 5.41) is 14.3. The molecule has 0 aromatic heterocycles. The Bertz CT molecular complexity index is 420. The average Bonchev–Trinajstić information content (AvgIpc) is 2.37. The Kier molecular flexibility index (Phi) is 4.67. The molecule has 1 rings (SSSR count). The number of nitrogens with zero attached hydrogens (tertiary/aromatic N) is 1. The van der Waals surface area contributed by atoms with Crippen molar-refractivity contribution in [3.05, 3.63) is 33.9 Å². The first-order valence-corrected chi connectivity index (χ1v) is 6.21. The van der Waals surface area contributed by atoms with Gasteiger partial charge in [-0.05, 0) is 31.4 Å². The van der Waals surface area contributed by atoms with E-state index in [1.165, 1.54) is 0 Å². The molecule has 0 atom stereocenters. The van der Waals surface area contributed by atoms with Gasteiger partial charge in [-0.15, -0.1) is 0 Å². The minimum Gasteiger partial charge on any atom is -0.373 e. The van der Waals surface area contributed by atoms with Crippen LogP contribution < -0.4 is 11.1 Å². The van der Waals surface area contributed by atoms with Crippen LogP contribution in [0.3, 0.4) is 0 Å². The molecule has 0 fully saturated rings. The third-order valence-corrected chi connectivity index (χ3v) is 3.49. The molecule has 1 aromatic carbocycles. The lowest BCUT2D eigenvalue weighted by Gasteiger charge is -2.32. The molecule has 0 bridgehead atoms. The first kappa shape index (κ1) is 14.4. The molecule has 5 heteroatoms. The summed E-state index contributed by atoms with van der Waals surface area (Å²) in [6, 6.07) is 5.19. The molecule has 0 aliphatic carbocycles. The Hall–Kier alpha value is -1.62. The van der Waals surface area contributed by atoms with Crippen molar-refractivity contribution in [3.8, 4) is 0 Å². The zero-order valence-corrected chi connectivity index (χ0v) is 11.2. The normalized spacial score (nSPS) is 11.3. The third-order valence-electron chi connectivity index (χ3n) is 3.49. The highest BCUT2D eigenvalue weighted by molar-refractivity contribution is 5.63. The molecule has 18 heavy (non-hydrogen) atoms. The molecule has 3 N–H and O–H groups in total. The summed E-state index contributed by atoms with van der Waals surface area (Å²) in [6.45, 7) is 6.35. The molecule has 0 aliphatic rings. The largest absolute Gasteiger partial charge is 0.373 e. The number of hydrogen-bond acceptors (Lipinski definition) is 4. The lowest BCUT2D eigenvalue weighted by atomic mass is 9.92. The molecule has 0 unspecified atom stereocenters. The van der Waals surface area contributed by atoms with Gasteiger partial charge in [0.15, 0.2) is 0 Å². The van der Waals surface area contributed by atoms with Crippen LogP contribution in [-0.2, 0) is 0 Å². The van der Waals surface area contributed by atoms with Crippen molar-refractivity contribution in [1.29, 1.82) is 0 Å². The molecule has 0 heterocycles. The van der Waals surface area contributed by atoms with E-state index in [4.69, 9.17) is 5.73 Å². The van der Waals surface area contributed by atoms with Crippen LogP contribution in [0.5, 0.6) is 0 Å². The van der Waals surface area contributed by atoms with E-state index in [0.717, 1.165) is 18.4 Å². The highest BCUT2D eigenvalue weighted by Crippen LogP contribution is 2.30. The lowest BCUT2D eigenvalue weighted by molar-refractivity contribution is -0.384.